The van der Waals surface area contributed by atoms with Gasteiger partial charge in [0, 0.05) is 22.9 Å². The van der Waals surface area contributed by atoms with E-state index < -0.39 is 5.41 Å². The van der Waals surface area contributed by atoms with Gasteiger partial charge in [0.2, 0.25) is 11.8 Å². The number of carbonyl (C=O) groups excluding carboxylic acids is 2. The summed E-state index contributed by atoms with van der Waals surface area (Å²) in [4.78, 5) is 30.4. The fourth-order valence-electron chi connectivity index (χ4n) is 2.80. The number of nitrogens with zero attached hydrogens (tertiary/aromatic N) is 2. The van der Waals surface area contributed by atoms with Crippen LogP contribution < -0.4 is 0 Å². The Morgan fingerprint density at radius 3 is 2.21 bits per heavy atom. The highest BCUT2D eigenvalue weighted by Gasteiger charge is 2.31. The number of hydrogen-bond donors (Lipinski definition) is 0. The molecule has 1 aromatic heterocycles. The lowest BCUT2D eigenvalue weighted by Crippen LogP contribution is -2.49. The SMILES string of the molecule is CC(C)N(CC(=O)N(Cc1ccc(F)cc1)Cc1cccs1)C(=O)C(C)(C)C. The second-order valence-corrected chi connectivity index (χ2v) is 9.26. The summed E-state index contributed by atoms with van der Waals surface area (Å²) in [5, 5.41) is 1.97. The van der Waals surface area contributed by atoms with Crippen molar-refractivity contribution in [3.8, 4) is 0 Å². The predicted molar refractivity (Wildman–Crippen MR) is 111 cm³/mol. The van der Waals surface area contributed by atoms with Crippen molar-refractivity contribution in [2.24, 2.45) is 5.41 Å². The predicted octanol–water partition coefficient (Wildman–Crippen LogP) is 4.70. The highest BCUT2D eigenvalue weighted by molar-refractivity contribution is 7.09. The molecule has 0 fully saturated rings. The van der Waals surface area contributed by atoms with Gasteiger partial charge in [0.25, 0.3) is 0 Å². The smallest absolute Gasteiger partial charge is 0.242 e. The zero-order valence-corrected chi connectivity index (χ0v) is 18.1. The topological polar surface area (TPSA) is 40.6 Å². The van der Waals surface area contributed by atoms with E-state index in [4.69, 9.17) is 0 Å². The van der Waals surface area contributed by atoms with Crippen molar-refractivity contribution in [1.82, 2.24) is 9.80 Å². The summed E-state index contributed by atoms with van der Waals surface area (Å²) in [5.41, 5.74) is 0.296. The van der Waals surface area contributed by atoms with E-state index in [1.807, 2.05) is 52.1 Å². The summed E-state index contributed by atoms with van der Waals surface area (Å²) >= 11 is 1.58. The number of amides is 2. The van der Waals surface area contributed by atoms with Crippen LogP contribution in [0.25, 0.3) is 0 Å². The Morgan fingerprint density at radius 1 is 1.07 bits per heavy atom. The van der Waals surface area contributed by atoms with Gasteiger partial charge in [-0.25, -0.2) is 4.39 Å². The molecule has 0 N–H and O–H groups in total. The number of thiophene rings is 1. The van der Waals surface area contributed by atoms with Gasteiger partial charge in [-0.3, -0.25) is 9.59 Å². The van der Waals surface area contributed by atoms with Gasteiger partial charge in [0.15, 0.2) is 0 Å². The van der Waals surface area contributed by atoms with Gasteiger partial charge in [0.1, 0.15) is 12.4 Å². The minimum Gasteiger partial charge on any atom is -0.332 e. The first-order valence-corrected chi connectivity index (χ1v) is 10.3. The van der Waals surface area contributed by atoms with Gasteiger partial charge in [-0.2, -0.15) is 0 Å². The molecule has 0 radical (unpaired) electrons. The Kier molecular flexibility index (Phi) is 7.35. The average Bonchev–Trinajstić information content (AvgIpc) is 3.12. The van der Waals surface area contributed by atoms with Gasteiger partial charge in [-0.1, -0.05) is 39.0 Å². The quantitative estimate of drug-likeness (QED) is 0.671. The monoisotopic (exact) mass is 404 g/mol. The van der Waals surface area contributed by atoms with Crippen LogP contribution in [0.1, 0.15) is 45.1 Å². The standard InChI is InChI=1S/C22H29FN2O2S/c1-16(2)25(21(27)22(3,4)5)15-20(26)24(14-19-7-6-12-28-19)13-17-8-10-18(23)11-9-17/h6-12,16H,13-15H2,1-5H3. The van der Waals surface area contributed by atoms with Crippen LogP contribution in [0.2, 0.25) is 0 Å². The second kappa shape index (κ2) is 9.32. The zero-order chi connectivity index (χ0) is 20.9. The lowest BCUT2D eigenvalue weighted by atomic mass is 9.94. The molecule has 1 aromatic carbocycles. The molecule has 0 atom stereocenters. The van der Waals surface area contributed by atoms with Crippen molar-refractivity contribution in [2.75, 3.05) is 6.54 Å². The summed E-state index contributed by atoms with van der Waals surface area (Å²) in [6.07, 6.45) is 0. The van der Waals surface area contributed by atoms with Crippen molar-refractivity contribution >= 4 is 23.2 Å². The van der Waals surface area contributed by atoms with E-state index in [0.29, 0.717) is 13.1 Å². The molecular formula is C22H29FN2O2S. The molecule has 28 heavy (non-hydrogen) atoms. The fourth-order valence-corrected chi connectivity index (χ4v) is 3.52. The van der Waals surface area contributed by atoms with E-state index in [2.05, 4.69) is 0 Å². The van der Waals surface area contributed by atoms with Crippen LogP contribution in [0.5, 0.6) is 0 Å². The maximum absolute atomic E-state index is 13.2. The average molecular weight is 405 g/mol. The first kappa shape index (κ1) is 22.1. The Balaban J connectivity index is 2.21. The third-order valence-corrected chi connectivity index (χ3v) is 5.26. The summed E-state index contributed by atoms with van der Waals surface area (Å²) < 4.78 is 13.2. The largest absolute Gasteiger partial charge is 0.332 e. The number of rotatable bonds is 7. The molecule has 2 aromatic rings. The van der Waals surface area contributed by atoms with E-state index in [-0.39, 0.29) is 30.2 Å². The minimum absolute atomic E-state index is 0.0281. The molecule has 1 heterocycles. The molecule has 0 saturated carbocycles. The van der Waals surface area contributed by atoms with Crippen LogP contribution in [0.15, 0.2) is 41.8 Å². The first-order chi connectivity index (χ1) is 13.1. The van der Waals surface area contributed by atoms with Crippen molar-refractivity contribution in [3.05, 3.63) is 58.0 Å². The van der Waals surface area contributed by atoms with Crippen molar-refractivity contribution in [1.29, 1.82) is 0 Å². The van der Waals surface area contributed by atoms with Crippen LogP contribution in [-0.2, 0) is 22.7 Å². The van der Waals surface area contributed by atoms with Crippen molar-refractivity contribution in [2.45, 2.75) is 53.8 Å². The molecule has 2 amide bonds. The minimum atomic E-state index is -0.555. The Morgan fingerprint density at radius 2 is 1.71 bits per heavy atom. The van der Waals surface area contributed by atoms with Gasteiger partial charge in [-0.05, 0) is 43.0 Å². The summed E-state index contributed by atoms with van der Waals surface area (Å²) in [5.74, 6) is -0.473. The van der Waals surface area contributed by atoms with E-state index in [0.717, 1.165) is 10.4 Å². The van der Waals surface area contributed by atoms with E-state index in [1.54, 1.807) is 33.3 Å². The number of hydrogen-bond acceptors (Lipinski definition) is 3. The van der Waals surface area contributed by atoms with Gasteiger partial charge >= 0.3 is 0 Å². The van der Waals surface area contributed by atoms with Crippen LogP contribution in [0.4, 0.5) is 4.39 Å². The molecule has 6 heteroatoms. The highest BCUT2D eigenvalue weighted by atomic mass is 32.1. The molecular weight excluding hydrogens is 375 g/mol. The molecule has 4 nitrogen and oxygen atoms in total. The van der Waals surface area contributed by atoms with Gasteiger partial charge in [-0.15, -0.1) is 11.3 Å². The van der Waals surface area contributed by atoms with Crippen LogP contribution >= 0.6 is 11.3 Å². The lowest BCUT2D eigenvalue weighted by molar-refractivity contribution is -0.147. The maximum Gasteiger partial charge on any atom is 0.242 e. The third kappa shape index (κ3) is 6.16. The zero-order valence-electron chi connectivity index (χ0n) is 17.2. The van der Waals surface area contributed by atoms with Crippen molar-refractivity contribution < 1.29 is 14.0 Å². The third-order valence-electron chi connectivity index (χ3n) is 4.40. The molecule has 0 unspecified atom stereocenters. The van der Waals surface area contributed by atoms with E-state index >= 15 is 0 Å². The Labute approximate surface area is 171 Å². The highest BCUT2D eigenvalue weighted by Crippen LogP contribution is 2.20. The summed E-state index contributed by atoms with van der Waals surface area (Å²) in [7, 11) is 0. The molecule has 0 aliphatic rings. The normalized spacial score (nSPS) is 11.5. The number of carbonyl (C=O) groups is 2. The van der Waals surface area contributed by atoms with Crippen LogP contribution in [0, 0.1) is 11.2 Å². The van der Waals surface area contributed by atoms with E-state index in [1.165, 1.54) is 12.1 Å². The van der Waals surface area contributed by atoms with Crippen LogP contribution in [0.3, 0.4) is 0 Å². The lowest BCUT2D eigenvalue weighted by Gasteiger charge is -2.34. The molecule has 152 valence electrons. The Hall–Kier alpha value is -2.21. The summed E-state index contributed by atoms with van der Waals surface area (Å²) in [6, 6.07) is 10.0. The molecule has 0 saturated heterocycles. The fraction of sp³-hybridized carbons (Fsp3) is 0.455. The molecule has 2 rings (SSSR count). The van der Waals surface area contributed by atoms with Crippen molar-refractivity contribution in [3.63, 3.8) is 0 Å². The molecule has 0 spiro atoms. The number of halogens is 1. The molecule has 0 aliphatic carbocycles. The Bertz CT molecular complexity index is 780. The maximum atomic E-state index is 13.2. The second-order valence-electron chi connectivity index (χ2n) is 8.23. The molecule has 0 aliphatic heterocycles. The summed E-state index contributed by atoms with van der Waals surface area (Å²) in [6.45, 7) is 10.3. The molecule has 0 bridgehead atoms. The number of benzene rings is 1. The van der Waals surface area contributed by atoms with Crippen LogP contribution in [-0.4, -0.2) is 34.2 Å². The van der Waals surface area contributed by atoms with Gasteiger partial charge < -0.3 is 9.80 Å². The van der Waals surface area contributed by atoms with E-state index in [9.17, 15) is 14.0 Å². The van der Waals surface area contributed by atoms with Gasteiger partial charge in [0.05, 0.1) is 6.54 Å². The first-order valence-electron chi connectivity index (χ1n) is 9.43.